The first-order chi connectivity index (χ1) is 5.75. The fourth-order valence-corrected chi connectivity index (χ4v) is 1.68. The summed E-state index contributed by atoms with van der Waals surface area (Å²) >= 11 is 0. The van der Waals surface area contributed by atoms with Crippen LogP contribution in [0.5, 0.6) is 0 Å². The molecule has 0 spiro atoms. The van der Waals surface area contributed by atoms with Gasteiger partial charge in [-0.2, -0.15) is 5.10 Å². The molecule has 0 N–H and O–H groups in total. The number of hydrazone groups is 1. The molecule has 12 heavy (non-hydrogen) atoms. The molecule has 2 aliphatic rings. The van der Waals surface area contributed by atoms with Gasteiger partial charge < -0.3 is 9.75 Å². The summed E-state index contributed by atoms with van der Waals surface area (Å²) in [5.41, 5.74) is 0. The zero-order valence-electron chi connectivity index (χ0n) is 7.47. The van der Waals surface area contributed by atoms with Crippen molar-refractivity contribution in [2.75, 3.05) is 14.1 Å². The molecule has 0 aromatic carbocycles. The summed E-state index contributed by atoms with van der Waals surface area (Å²) in [6, 6.07) is 0. The monoisotopic (exact) mass is 166 g/mol. The number of ether oxygens (including phenoxy) is 1. The topological polar surface area (TPSA) is 24.8 Å². The predicted octanol–water partition coefficient (Wildman–Crippen LogP) is 0.877. The quantitative estimate of drug-likeness (QED) is 0.345. The van der Waals surface area contributed by atoms with Gasteiger partial charge in [-0.15, -0.1) is 0 Å². The Kier molecular flexibility index (Phi) is 1.89. The first kappa shape index (κ1) is 7.80. The lowest BCUT2D eigenvalue weighted by molar-refractivity contribution is 0.100. The maximum Gasteiger partial charge on any atom is 0.101 e. The van der Waals surface area contributed by atoms with Crippen molar-refractivity contribution in [3.8, 4) is 0 Å². The molecule has 1 aliphatic heterocycles. The van der Waals surface area contributed by atoms with E-state index in [1.54, 1.807) is 5.01 Å². The second kappa shape index (κ2) is 2.90. The van der Waals surface area contributed by atoms with Crippen molar-refractivity contribution in [3.05, 3.63) is 12.2 Å². The Bertz CT molecular complexity index is 223. The second-order valence-corrected chi connectivity index (χ2v) is 3.54. The molecule has 0 aromatic heterocycles. The van der Waals surface area contributed by atoms with Gasteiger partial charge in [-0.1, -0.05) is 12.2 Å². The second-order valence-electron chi connectivity index (χ2n) is 3.54. The summed E-state index contributed by atoms with van der Waals surface area (Å²) in [4.78, 5) is 0. The molecule has 3 atom stereocenters. The first-order valence-electron chi connectivity index (χ1n) is 4.31. The third-order valence-electron chi connectivity index (χ3n) is 2.28. The van der Waals surface area contributed by atoms with E-state index in [-0.39, 0.29) is 6.10 Å². The zero-order valence-corrected chi connectivity index (χ0v) is 7.47. The van der Waals surface area contributed by atoms with Crippen molar-refractivity contribution < 1.29 is 4.74 Å². The Balaban J connectivity index is 1.95. The number of rotatable bonds is 2. The molecule has 3 unspecified atom stereocenters. The molecule has 2 bridgehead atoms. The van der Waals surface area contributed by atoms with Gasteiger partial charge in [-0.05, 0) is 6.42 Å². The molecule has 66 valence electrons. The lowest BCUT2D eigenvalue weighted by Crippen LogP contribution is -2.20. The van der Waals surface area contributed by atoms with Crippen LogP contribution in [0.15, 0.2) is 17.3 Å². The van der Waals surface area contributed by atoms with Crippen molar-refractivity contribution in [1.29, 1.82) is 0 Å². The molecular formula is C9H14N2O. The highest BCUT2D eigenvalue weighted by atomic mass is 16.5. The third kappa shape index (κ3) is 1.37. The van der Waals surface area contributed by atoms with Gasteiger partial charge in [-0.25, -0.2) is 0 Å². The maximum atomic E-state index is 5.65. The van der Waals surface area contributed by atoms with E-state index in [2.05, 4.69) is 17.3 Å². The van der Waals surface area contributed by atoms with Crippen LogP contribution < -0.4 is 0 Å². The molecule has 1 fully saturated rings. The van der Waals surface area contributed by atoms with Gasteiger partial charge in [0.25, 0.3) is 0 Å². The minimum absolute atomic E-state index is 0.211. The van der Waals surface area contributed by atoms with Crippen molar-refractivity contribution in [3.63, 3.8) is 0 Å². The minimum atomic E-state index is 0.211. The molecule has 1 saturated heterocycles. The molecular weight excluding hydrogens is 152 g/mol. The largest absolute Gasteiger partial charge is 0.365 e. The van der Waals surface area contributed by atoms with Gasteiger partial charge in [0.15, 0.2) is 0 Å². The van der Waals surface area contributed by atoms with Gasteiger partial charge in [0, 0.05) is 20.0 Å². The molecule has 0 radical (unpaired) electrons. The number of fused-ring (bicyclic) bond motifs is 2. The Labute approximate surface area is 72.7 Å². The fraction of sp³-hybridized carbons (Fsp3) is 0.667. The van der Waals surface area contributed by atoms with E-state index < -0.39 is 0 Å². The van der Waals surface area contributed by atoms with Crippen LogP contribution in [0.25, 0.3) is 0 Å². The SMILES string of the molecule is CN(C)N=CC1OC2C=CC1C2. The van der Waals surface area contributed by atoms with E-state index in [0.717, 1.165) is 6.42 Å². The van der Waals surface area contributed by atoms with Crippen LogP contribution in [-0.4, -0.2) is 37.5 Å². The Morgan fingerprint density at radius 1 is 1.50 bits per heavy atom. The normalized spacial score (nSPS) is 38.3. The van der Waals surface area contributed by atoms with Crippen molar-refractivity contribution in [2.24, 2.45) is 11.0 Å². The Hall–Kier alpha value is -0.830. The maximum absolute atomic E-state index is 5.65. The van der Waals surface area contributed by atoms with Gasteiger partial charge in [0.1, 0.15) is 6.10 Å². The van der Waals surface area contributed by atoms with Gasteiger partial charge in [-0.3, -0.25) is 0 Å². The van der Waals surface area contributed by atoms with Crippen LogP contribution in [0.1, 0.15) is 6.42 Å². The van der Waals surface area contributed by atoms with E-state index in [9.17, 15) is 0 Å². The van der Waals surface area contributed by atoms with Crippen molar-refractivity contribution in [1.82, 2.24) is 5.01 Å². The van der Waals surface area contributed by atoms with Crippen molar-refractivity contribution in [2.45, 2.75) is 18.6 Å². The molecule has 3 nitrogen and oxygen atoms in total. The zero-order chi connectivity index (χ0) is 8.55. The standard InChI is InChI=1S/C9H14N2O/c1-11(2)10-6-9-7-3-4-8(5-7)12-9/h3-4,6-9H,5H2,1-2H3. The summed E-state index contributed by atoms with van der Waals surface area (Å²) in [6.07, 6.45) is 7.99. The van der Waals surface area contributed by atoms with Crippen LogP contribution in [-0.2, 0) is 4.74 Å². The van der Waals surface area contributed by atoms with Gasteiger partial charge >= 0.3 is 0 Å². The summed E-state index contributed by atoms with van der Waals surface area (Å²) in [5, 5.41) is 5.97. The Morgan fingerprint density at radius 2 is 2.33 bits per heavy atom. The number of hydrogen-bond donors (Lipinski definition) is 0. The van der Waals surface area contributed by atoms with E-state index in [1.165, 1.54) is 0 Å². The van der Waals surface area contributed by atoms with E-state index in [4.69, 9.17) is 4.74 Å². The third-order valence-corrected chi connectivity index (χ3v) is 2.28. The predicted molar refractivity (Wildman–Crippen MR) is 48.1 cm³/mol. The smallest absolute Gasteiger partial charge is 0.101 e. The lowest BCUT2D eigenvalue weighted by atomic mass is 10.1. The first-order valence-corrected chi connectivity index (χ1v) is 4.31. The summed E-state index contributed by atoms with van der Waals surface area (Å²) in [5.74, 6) is 0.568. The minimum Gasteiger partial charge on any atom is -0.365 e. The van der Waals surface area contributed by atoms with Crippen LogP contribution in [0.2, 0.25) is 0 Å². The molecule has 1 heterocycles. The highest BCUT2D eigenvalue weighted by Gasteiger charge is 2.35. The summed E-state index contributed by atoms with van der Waals surface area (Å²) < 4.78 is 5.65. The number of nitrogens with zero attached hydrogens (tertiary/aromatic N) is 2. The van der Waals surface area contributed by atoms with E-state index in [1.807, 2.05) is 20.3 Å². The van der Waals surface area contributed by atoms with Crippen molar-refractivity contribution >= 4 is 6.21 Å². The molecule has 0 saturated carbocycles. The van der Waals surface area contributed by atoms with Crippen LogP contribution in [0, 0.1) is 5.92 Å². The molecule has 1 aliphatic carbocycles. The van der Waals surface area contributed by atoms with E-state index >= 15 is 0 Å². The molecule has 3 heteroatoms. The molecule has 2 rings (SSSR count). The average molecular weight is 166 g/mol. The fourth-order valence-electron chi connectivity index (χ4n) is 1.68. The molecule has 0 amide bonds. The van der Waals surface area contributed by atoms with Gasteiger partial charge in [0.05, 0.1) is 12.3 Å². The van der Waals surface area contributed by atoms with Crippen LogP contribution in [0.3, 0.4) is 0 Å². The highest BCUT2D eigenvalue weighted by Crippen LogP contribution is 2.33. The van der Waals surface area contributed by atoms with Crippen LogP contribution in [0.4, 0.5) is 0 Å². The molecule has 0 aromatic rings. The Morgan fingerprint density at radius 3 is 2.83 bits per heavy atom. The highest BCUT2D eigenvalue weighted by molar-refractivity contribution is 5.64. The summed E-state index contributed by atoms with van der Waals surface area (Å²) in [7, 11) is 3.83. The summed E-state index contributed by atoms with van der Waals surface area (Å²) in [6.45, 7) is 0. The van der Waals surface area contributed by atoms with Crippen LogP contribution >= 0.6 is 0 Å². The number of hydrogen-bond acceptors (Lipinski definition) is 3. The lowest BCUT2D eigenvalue weighted by Gasteiger charge is -2.14. The van der Waals surface area contributed by atoms with Gasteiger partial charge in [0.2, 0.25) is 0 Å². The van der Waals surface area contributed by atoms with E-state index in [0.29, 0.717) is 12.0 Å². The average Bonchev–Trinajstić information content (AvgIpc) is 2.60.